The molecule has 4 heteroatoms. The van der Waals surface area contributed by atoms with Gasteiger partial charge < -0.3 is 14.5 Å². The quantitative estimate of drug-likeness (QED) is 0.678. The number of likely N-dealkylation sites (tertiary alicyclic amines) is 2. The first-order chi connectivity index (χ1) is 8.87. The van der Waals surface area contributed by atoms with E-state index in [9.17, 15) is 4.79 Å². The van der Waals surface area contributed by atoms with Crippen LogP contribution in [0.2, 0.25) is 0 Å². The van der Waals surface area contributed by atoms with Gasteiger partial charge in [0, 0.05) is 19.1 Å². The molecular formula is C15H30N2O2. The van der Waals surface area contributed by atoms with Crippen LogP contribution >= 0.6 is 0 Å². The van der Waals surface area contributed by atoms with Gasteiger partial charge in [0.1, 0.15) is 5.60 Å². The summed E-state index contributed by atoms with van der Waals surface area (Å²) in [5.74, 6) is 0.640. The summed E-state index contributed by atoms with van der Waals surface area (Å²) in [5, 5.41) is 0. The third-order valence-electron chi connectivity index (χ3n) is 3.71. The fraction of sp³-hybridized carbons (Fsp3) is 0.933. The Morgan fingerprint density at radius 2 is 1.84 bits per heavy atom. The Kier molecular flexibility index (Phi) is 5.65. The zero-order chi connectivity index (χ0) is 14.6. The second-order valence-electron chi connectivity index (χ2n) is 6.34. The zero-order valence-electron chi connectivity index (χ0n) is 13.4. The molecule has 0 aromatic rings. The number of nitrogens with zero attached hydrogens (tertiary/aromatic N) is 2. The van der Waals surface area contributed by atoms with Gasteiger partial charge in [0.2, 0.25) is 0 Å². The van der Waals surface area contributed by atoms with Crippen molar-refractivity contribution in [3.05, 3.63) is 0 Å². The second-order valence-corrected chi connectivity index (χ2v) is 6.34. The van der Waals surface area contributed by atoms with Crippen LogP contribution < -0.4 is 0 Å². The van der Waals surface area contributed by atoms with Crippen LogP contribution in [0.25, 0.3) is 0 Å². The normalized spacial score (nSPS) is 27.4. The molecule has 112 valence electrons. The number of rotatable bonds is 0. The number of hydrogen-bond donors (Lipinski definition) is 0. The smallest absolute Gasteiger partial charge is 0.410 e. The van der Waals surface area contributed by atoms with Crippen molar-refractivity contribution in [3.8, 4) is 0 Å². The summed E-state index contributed by atoms with van der Waals surface area (Å²) in [6.07, 6.45) is 2.34. The molecule has 19 heavy (non-hydrogen) atoms. The molecule has 2 heterocycles. The van der Waals surface area contributed by atoms with Gasteiger partial charge in [-0.05, 0) is 53.1 Å². The number of carbonyl (C=O) groups excluding carboxylic acids is 1. The lowest BCUT2D eigenvalue weighted by Crippen LogP contribution is -2.42. The van der Waals surface area contributed by atoms with E-state index in [0.717, 1.165) is 19.6 Å². The second kappa shape index (κ2) is 6.60. The van der Waals surface area contributed by atoms with E-state index in [1.807, 2.05) is 39.5 Å². The fourth-order valence-corrected chi connectivity index (χ4v) is 2.88. The highest BCUT2D eigenvalue weighted by atomic mass is 16.6. The summed E-state index contributed by atoms with van der Waals surface area (Å²) in [4.78, 5) is 16.3. The lowest BCUT2D eigenvalue weighted by Gasteiger charge is -2.33. The Hall–Kier alpha value is -0.770. The molecule has 2 aliphatic heterocycles. The van der Waals surface area contributed by atoms with Crippen molar-refractivity contribution in [2.24, 2.45) is 5.92 Å². The van der Waals surface area contributed by atoms with E-state index in [-0.39, 0.29) is 6.09 Å². The van der Waals surface area contributed by atoms with Crippen LogP contribution in [0.3, 0.4) is 0 Å². The number of piperidine rings is 1. The molecule has 1 amide bonds. The molecule has 4 nitrogen and oxygen atoms in total. The molecular weight excluding hydrogens is 240 g/mol. The van der Waals surface area contributed by atoms with Gasteiger partial charge in [0.25, 0.3) is 0 Å². The highest BCUT2D eigenvalue weighted by molar-refractivity contribution is 5.68. The average Bonchev–Trinajstić information content (AvgIpc) is 2.75. The molecule has 0 aromatic heterocycles. The monoisotopic (exact) mass is 270 g/mol. The molecule has 2 aliphatic rings. The highest BCUT2D eigenvalue weighted by Crippen LogP contribution is 2.30. The molecule has 2 atom stereocenters. The molecule has 2 rings (SSSR count). The first kappa shape index (κ1) is 16.3. The van der Waals surface area contributed by atoms with Crippen molar-refractivity contribution < 1.29 is 9.53 Å². The fourth-order valence-electron chi connectivity index (χ4n) is 2.88. The molecule has 0 aliphatic carbocycles. The Labute approximate surface area is 118 Å². The van der Waals surface area contributed by atoms with Crippen LogP contribution in [0.1, 0.15) is 47.5 Å². The highest BCUT2D eigenvalue weighted by Gasteiger charge is 2.40. The van der Waals surface area contributed by atoms with Crippen LogP contribution in [0.5, 0.6) is 0 Å². The topological polar surface area (TPSA) is 32.8 Å². The van der Waals surface area contributed by atoms with Crippen LogP contribution in [0, 0.1) is 5.92 Å². The van der Waals surface area contributed by atoms with Crippen molar-refractivity contribution in [2.75, 3.05) is 26.7 Å². The van der Waals surface area contributed by atoms with Crippen LogP contribution in [-0.2, 0) is 4.74 Å². The Bertz CT molecular complexity index is 299. The third kappa shape index (κ3) is 4.37. The van der Waals surface area contributed by atoms with Crippen LogP contribution in [-0.4, -0.2) is 54.2 Å². The SMILES string of the molecule is CC.CN1CCCC2CN(C(=O)OC(C)(C)C)CC21. The lowest BCUT2D eigenvalue weighted by molar-refractivity contribution is 0.0282. The van der Waals surface area contributed by atoms with Gasteiger partial charge in [-0.3, -0.25) is 0 Å². The summed E-state index contributed by atoms with van der Waals surface area (Å²) in [7, 11) is 2.16. The van der Waals surface area contributed by atoms with E-state index < -0.39 is 5.60 Å². The molecule has 0 N–H and O–H groups in total. The Morgan fingerprint density at radius 1 is 1.21 bits per heavy atom. The first-order valence-electron chi connectivity index (χ1n) is 7.55. The standard InChI is InChI=1S/C13H24N2O2.C2H6/c1-13(2,3)17-12(16)15-8-10-6-5-7-14(4)11(10)9-15;1-2/h10-11H,5-9H2,1-4H3;1-2H3. The van der Waals surface area contributed by atoms with Gasteiger partial charge in [0.05, 0.1) is 0 Å². The molecule has 0 radical (unpaired) electrons. The van der Waals surface area contributed by atoms with E-state index in [1.165, 1.54) is 12.8 Å². The van der Waals surface area contributed by atoms with Gasteiger partial charge in [-0.25, -0.2) is 4.79 Å². The first-order valence-corrected chi connectivity index (χ1v) is 7.55. The lowest BCUT2D eigenvalue weighted by atomic mass is 9.93. The number of fused-ring (bicyclic) bond motifs is 1. The number of ether oxygens (including phenoxy) is 1. The van der Waals surface area contributed by atoms with Gasteiger partial charge in [0.15, 0.2) is 0 Å². The van der Waals surface area contributed by atoms with Crippen molar-refractivity contribution in [3.63, 3.8) is 0 Å². The molecule has 2 fully saturated rings. The molecule has 2 unspecified atom stereocenters. The van der Waals surface area contributed by atoms with E-state index in [2.05, 4.69) is 11.9 Å². The van der Waals surface area contributed by atoms with Gasteiger partial charge in [-0.15, -0.1) is 0 Å². The summed E-state index contributed by atoms with van der Waals surface area (Å²) in [6, 6.07) is 0.538. The van der Waals surface area contributed by atoms with Crippen LogP contribution in [0.4, 0.5) is 4.79 Å². The van der Waals surface area contributed by atoms with Crippen molar-refractivity contribution in [1.29, 1.82) is 0 Å². The third-order valence-corrected chi connectivity index (χ3v) is 3.71. The summed E-state index contributed by atoms with van der Waals surface area (Å²) >= 11 is 0. The van der Waals surface area contributed by atoms with Crippen LogP contribution in [0.15, 0.2) is 0 Å². The Morgan fingerprint density at radius 3 is 2.37 bits per heavy atom. The average molecular weight is 270 g/mol. The van der Waals surface area contributed by atoms with E-state index >= 15 is 0 Å². The largest absolute Gasteiger partial charge is 0.444 e. The summed E-state index contributed by atoms with van der Waals surface area (Å²) in [5.41, 5.74) is -0.392. The van der Waals surface area contributed by atoms with Gasteiger partial charge in [-0.2, -0.15) is 0 Å². The molecule has 2 saturated heterocycles. The van der Waals surface area contributed by atoms with Gasteiger partial charge in [-0.1, -0.05) is 13.8 Å². The van der Waals surface area contributed by atoms with E-state index in [0.29, 0.717) is 12.0 Å². The maximum atomic E-state index is 12.0. The van der Waals surface area contributed by atoms with Crippen molar-refractivity contribution in [2.45, 2.75) is 59.1 Å². The number of carbonyl (C=O) groups is 1. The Balaban J connectivity index is 0.000000861. The molecule has 0 bridgehead atoms. The predicted molar refractivity (Wildman–Crippen MR) is 78.3 cm³/mol. The number of hydrogen-bond acceptors (Lipinski definition) is 3. The minimum Gasteiger partial charge on any atom is -0.444 e. The molecule has 0 aromatic carbocycles. The van der Waals surface area contributed by atoms with Crippen molar-refractivity contribution >= 4 is 6.09 Å². The minimum absolute atomic E-state index is 0.152. The summed E-state index contributed by atoms with van der Waals surface area (Å²) in [6.45, 7) is 12.6. The zero-order valence-corrected chi connectivity index (χ0v) is 13.4. The maximum absolute atomic E-state index is 12.0. The molecule has 0 saturated carbocycles. The predicted octanol–water partition coefficient (Wildman–Crippen LogP) is 2.97. The number of amides is 1. The van der Waals surface area contributed by atoms with Crippen molar-refractivity contribution in [1.82, 2.24) is 9.80 Å². The summed E-state index contributed by atoms with van der Waals surface area (Å²) < 4.78 is 5.43. The van der Waals surface area contributed by atoms with E-state index in [4.69, 9.17) is 4.74 Å². The van der Waals surface area contributed by atoms with Gasteiger partial charge >= 0.3 is 6.09 Å². The maximum Gasteiger partial charge on any atom is 0.410 e. The number of likely N-dealkylation sites (N-methyl/N-ethyl adjacent to an activating group) is 1. The van der Waals surface area contributed by atoms with E-state index in [1.54, 1.807) is 0 Å². The molecule has 0 spiro atoms. The minimum atomic E-state index is -0.392.